The monoisotopic (exact) mass is 601 g/mol. The van der Waals surface area contributed by atoms with E-state index in [9.17, 15) is 14.4 Å². The van der Waals surface area contributed by atoms with Crippen molar-refractivity contribution < 1.29 is 23.9 Å². The number of thioether (sulfide) groups is 1. The molecule has 2 unspecified atom stereocenters. The molecule has 3 heterocycles. The largest absolute Gasteiger partial charge is 0.466 e. The SMILES string of the molecule is CCOC(=O)C1CCCN(C(=O)CC2=CSC3=NC(C)=C(C(=O)OCc4ccccc4)C(c4ccc(C(C)C)cc4)N23)C1. The van der Waals surface area contributed by atoms with Gasteiger partial charge in [0.05, 0.1) is 36.3 Å². The highest BCUT2D eigenvalue weighted by Crippen LogP contribution is 2.45. The van der Waals surface area contributed by atoms with Crippen LogP contribution in [0.25, 0.3) is 0 Å². The summed E-state index contributed by atoms with van der Waals surface area (Å²) in [6.07, 6.45) is 1.61. The first-order valence-corrected chi connectivity index (χ1v) is 15.8. The van der Waals surface area contributed by atoms with Gasteiger partial charge >= 0.3 is 11.9 Å². The molecule has 8 nitrogen and oxygen atoms in total. The third-order valence-corrected chi connectivity index (χ3v) is 8.97. The van der Waals surface area contributed by atoms with Crippen molar-refractivity contribution in [3.05, 3.63) is 93.7 Å². The molecule has 226 valence electrons. The van der Waals surface area contributed by atoms with E-state index < -0.39 is 12.0 Å². The molecule has 0 bridgehead atoms. The summed E-state index contributed by atoms with van der Waals surface area (Å²) in [5.41, 5.74) is 4.85. The van der Waals surface area contributed by atoms with Crippen LogP contribution in [0.4, 0.5) is 0 Å². The fraction of sp³-hybridized carbons (Fsp3) is 0.412. The molecule has 0 radical (unpaired) electrons. The van der Waals surface area contributed by atoms with Crippen LogP contribution in [-0.2, 0) is 30.5 Å². The van der Waals surface area contributed by atoms with Gasteiger partial charge in [-0.3, -0.25) is 9.59 Å². The van der Waals surface area contributed by atoms with Gasteiger partial charge in [0.1, 0.15) is 6.61 Å². The zero-order chi connectivity index (χ0) is 30.5. The van der Waals surface area contributed by atoms with E-state index in [4.69, 9.17) is 14.5 Å². The van der Waals surface area contributed by atoms with Crippen molar-refractivity contribution in [2.45, 2.75) is 65.5 Å². The summed E-state index contributed by atoms with van der Waals surface area (Å²) in [5.74, 6) is -0.678. The molecule has 0 aromatic heterocycles. The van der Waals surface area contributed by atoms with Crippen LogP contribution in [0.15, 0.2) is 82.0 Å². The summed E-state index contributed by atoms with van der Waals surface area (Å²) in [6.45, 7) is 9.36. The lowest BCUT2D eigenvalue weighted by atomic mass is 9.91. The number of piperidine rings is 1. The molecular weight excluding hydrogens is 562 g/mol. The van der Waals surface area contributed by atoms with Crippen molar-refractivity contribution in [3.63, 3.8) is 0 Å². The van der Waals surface area contributed by atoms with Gasteiger partial charge in [0, 0.05) is 18.8 Å². The molecule has 9 heteroatoms. The van der Waals surface area contributed by atoms with E-state index in [1.807, 2.05) is 47.6 Å². The Labute approximate surface area is 257 Å². The first kappa shape index (κ1) is 30.6. The Kier molecular flexibility index (Phi) is 9.70. The lowest BCUT2D eigenvalue weighted by Crippen LogP contribution is -2.44. The molecule has 1 fully saturated rings. The van der Waals surface area contributed by atoms with Crippen LogP contribution in [0.1, 0.15) is 75.6 Å². The zero-order valence-electron chi connectivity index (χ0n) is 25.2. The normalized spacial score (nSPS) is 20.0. The summed E-state index contributed by atoms with van der Waals surface area (Å²) < 4.78 is 11.1. The predicted octanol–water partition coefficient (Wildman–Crippen LogP) is 6.32. The number of aliphatic imine (C=N–C) groups is 1. The molecule has 2 aromatic rings. The molecule has 3 aliphatic heterocycles. The van der Waals surface area contributed by atoms with Crippen LogP contribution in [0.5, 0.6) is 0 Å². The first-order chi connectivity index (χ1) is 20.8. The lowest BCUT2D eigenvalue weighted by Gasteiger charge is -2.37. The van der Waals surface area contributed by atoms with E-state index in [1.54, 1.807) is 11.8 Å². The number of fused-ring (bicyclic) bond motifs is 1. The van der Waals surface area contributed by atoms with E-state index >= 15 is 0 Å². The number of hydrogen-bond donors (Lipinski definition) is 0. The van der Waals surface area contributed by atoms with E-state index in [-0.39, 0.29) is 30.8 Å². The molecular formula is C34H39N3O5S. The molecule has 1 saturated heterocycles. The first-order valence-electron chi connectivity index (χ1n) is 15.0. The Balaban J connectivity index is 1.41. The van der Waals surface area contributed by atoms with Gasteiger partial charge in [0.15, 0.2) is 5.17 Å². The van der Waals surface area contributed by atoms with Gasteiger partial charge in [0.2, 0.25) is 5.91 Å². The van der Waals surface area contributed by atoms with Crippen LogP contribution in [0.3, 0.4) is 0 Å². The number of amides is 1. The molecule has 3 aliphatic rings. The topological polar surface area (TPSA) is 88.5 Å². The Hall–Kier alpha value is -3.85. The van der Waals surface area contributed by atoms with Gasteiger partial charge in [-0.1, -0.05) is 80.2 Å². The van der Waals surface area contributed by atoms with E-state index in [0.717, 1.165) is 34.8 Å². The molecule has 0 N–H and O–H groups in total. The lowest BCUT2D eigenvalue weighted by molar-refractivity contribution is -0.151. The van der Waals surface area contributed by atoms with Gasteiger partial charge in [-0.25, -0.2) is 9.79 Å². The smallest absolute Gasteiger partial charge is 0.338 e. The second kappa shape index (κ2) is 13.6. The van der Waals surface area contributed by atoms with Crippen molar-refractivity contribution in [2.75, 3.05) is 19.7 Å². The summed E-state index contributed by atoms with van der Waals surface area (Å²) in [7, 11) is 0. The molecule has 5 rings (SSSR count). The number of esters is 2. The van der Waals surface area contributed by atoms with Crippen molar-refractivity contribution >= 4 is 34.8 Å². The molecule has 1 amide bonds. The number of allylic oxidation sites excluding steroid dienone is 1. The minimum absolute atomic E-state index is 0.0597. The van der Waals surface area contributed by atoms with Crippen LogP contribution in [-0.4, -0.2) is 52.5 Å². The Morgan fingerprint density at radius 1 is 1.05 bits per heavy atom. The minimum atomic E-state index is -0.500. The Morgan fingerprint density at radius 3 is 2.49 bits per heavy atom. The number of amidine groups is 1. The molecule has 2 atom stereocenters. The highest BCUT2D eigenvalue weighted by molar-refractivity contribution is 8.16. The van der Waals surface area contributed by atoms with E-state index in [0.29, 0.717) is 36.9 Å². The number of likely N-dealkylation sites (tertiary alicyclic amines) is 1. The maximum atomic E-state index is 13.7. The van der Waals surface area contributed by atoms with Crippen molar-refractivity contribution in [2.24, 2.45) is 10.9 Å². The maximum Gasteiger partial charge on any atom is 0.338 e. The molecule has 0 aliphatic carbocycles. The van der Waals surface area contributed by atoms with Gasteiger partial charge in [-0.05, 0) is 54.7 Å². The predicted molar refractivity (Wildman–Crippen MR) is 168 cm³/mol. The second-order valence-corrected chi connectivity index (χ2v) is 12.2. The maximum absolute atomic E-state index is 13.7. The van der Waals surface area contributed by atoms with Crippen LogP contribution in [0.2, 0.25) is 0 Å². The number of hydrogen-bond acceptors (Lipinski definition) is 8. The van der Waals surface area contributed by atoms with Crippen LogP contribution in [0, 0.1) is 5.92 Å². The number of ether oxygens (including phenoxy) is 2. The van der Waals surface area contributed by atoms with Crippen molar-refractivity contribution in [1.29, 1.82) is 0 Å². The molecule has 0 spiro atoms. The van der Waals surface area contributed by atoms with Gasteiger partial charge < -0.3 is 19.3 Å². The van der Waals surface area contributed by atoms with Gasteiger partial charge in [-0.15, -0.1) is 0 Å². The molecule has 43 heavy (non-hydrogen) atoms. The molecule has 2 aromatic carbocycles. The van der Waals surface area contributed by atoms with E-state index in [2.05, 4.69) is 38.1 Å². The van der Waals surface area contributed by atoms with Crippen molar-refractivity contribution in [1.82, 2.24) is 9.80 Å². The third-order valence-electron chi connectivity index (χ3n) is 8.08. The standard InChI is InChI=1S/C34H39N3O5S/c1-5-41-32(39)27-12-9-17-36(19-27)29(38)18-28-21-43-34-35-23(4)30(33(40)42-20-24-10-7-6-8-11-24)31(37(28)34)26-15-13-25(14-16-26)22(2)3/h6-8,10-11,13-16,21-22,27,31H,5,9,12,17-20H2,1-4H3. The minimum Gasteiger partial charge on any atom is -0.466 e. The summed E-state index contributed by atoms with van der Waals surface area (Å²) in [6, 6.07) is 17.4. The third kappa shape index (κ3) is 6.88. The average molecular weight is 602 g/mol. The Bertz CT molecular complexity index is 1450. The van der Waals surface area contributed by atoms with Gasteiger partial charge in [-0.2, -0.15) is 0 Å². The number of carbonyl (C=O) groups is 3. The quantitative estimate of drug-likeness (QED) is 0.311. The average Bonchev–Trinajstić information content (AvgIpc) is 3.41. The van der Waals surface area contributed by atoms with Crippen LogP contribution >= 0.6 is 11.8 Å². The fourth-order valence-electron chi connectivity index (χ4n) is 5.73. The number of benzene rings is 2. The van der Waals surface area contributed by atoms with Crippen LogP contribution < -0.4 is 0 Å². The number of rotatable bonds is 9. The summed E-state index contributed by atoms with van der Waals surface area (Å²) >= 11 is 1.45. The second-order valence-electron chi connectivity index (χ2n) is 11.4. The van der Waals surface area contributed by atoms with Crippen molar-refractivity contribution in [3.8, 4) is 0 Å². The molecule has 0 saturated carbocycles. The zero-order valence-corrected chi connectivity index (χ0v) is 26.1. The fourth-order valence-corrected chi connectivity index (χ4v) is 6.70. The summed E-state index contributed by atoms with van der Waals surface area (Å²) in [4.78, 5) is 48.3. The van der Waals surface area contributed by atoms with Gasteiger partial charge in [0.25, 0.3) is 0 Å². The highest BCUT2D eigenvalue weighted by Gasteiger charge is 2.42. The van der Waals surface area contributed by atoms with E-state index in [1.165, 1.54) is 17.3 Å². The number of carbonyl (C=O) groups excluding carboxylic acids is 3. The highest BCUT2D eigenvalue weighted by atomic mass is 32.2. The Morgan fingerprint density at radius 2 is 1.79 bits per heavy atom. The summed E-state index contributed by atoms with van der Waals surface area (Å²) in [5, 5.41) is 2.67. The number of nitrogens with zero attached hydrogens (tertiary/aromatic N) is 3.